The third kappa shape index (κ3) is 39.8. The van der Waals surface area contributed by atoms with Crippen LogP contribution in [-0.2, 0) is 42.7 Å². The first-order chi connectivity index (χ1) is 27.7. The summed E-state index contributed by atoms with van der Waals surface area (Å²) in [7, 11) is 11.6. The van der Waals surface area contributed by atoms with E-state index in [0.29, 0.717) is 92.5 Å². The summed E-state index contributed by atoms with van der Waals surface area (Å²) in [6.45, 7) is 6.19. The lowest BCUT2D eigenvalue weighted by atomic mass is 9.92. The number of likely N-dealkylation sites (N-methyl/N-ethyl adjacent to an activating group) is 1. The lowest BCUT2D eigenvalue weighted by Gasteiger charge is -2.33. The average Bonchev–Trinajstić information content (AvgIpc) is 3.24. The zero-order valence-corrected chi connectivity index (χ0v) is 36.7. The summed E-state index contributed by atoms with van der Waals surface area (Å²) in [4.78, 5) is 24.5. The normalized spacial score (nSPS) is 10.1. The van der Waals surface area contributed by atoms with Gasteiger partial charge in [-0.25, -0.2) is 15.0 Å². The van der Waals surface area contributed by atoms with Crippen LogP contribution in [0.25, 0.3) is 0 Å². The first kappa shape index (κ1) is 74.2. The van der Waals surface area contributed by atoms with Crippen LogP contribution in [0.5, 0.6) is 0 Å². The van der Waals surface area contributed by atoms with E-state index in [0.717, 1.165) is 32.3 Å². The topological polar surface area (TPSA) is 142 Å². The highest BCUT2D eigenvalue weighted by atomic mass is 33.1. The molecular weight excluding hydrogens is 933 g/mol. The molecule has 0 aromatic carbocycles. The van der Waals surface area contributed by atoms with E-state index in [-0.39, 0.29) is 78.5 Å². The van der Waals surface area contributed by atoms with Crippen molar-refractivity contribution in [3.05, 3.63) is 73.2 Å². The van der Waals surface area contributed by atoms with Crippen LogP contribution in [0.2, 0.25) is 0 Å². The first-order valence-electron chi connectivity index (χ1n) is 18.1. The van der Waals surface area contributed by atoms with Gasteiger partial charge in [-0.15, -0.1) is 0 Å². The highest BCUT2D eigenvalue weighted by Crippen LogP contribution is 2.30. The predicted molar refractivity (Wildman–Crippen MR) is 285 cm³/mol. The Morgan fingerprint density at radius 1 is 0.453 bits per heavy atom. The molecule has 0 bridgehead atoms. The summed E-state index contributed by atoms with van der Waals surface area (Å²) in [5, 5.41) is 5.47. The van der Waals surface area contributed by atoms with Gasteiger partial charge in [0.05, 0.1) is 105 Å². The van der Waals surface area contributed by atoms with Gasteiger partial charge in [0, 0.05) is 42.9 Å². The molecule has 1 amide bonds. The number of rotatable bonds is 37. The SMILES string of the molecule is C.C.C.C.C.C.C.C.CNC(=O)COCCOCC(COCCOCCSSc1ccccn1)(COCCOCCSSc1ccccn1)COCCOCCSSc1ccccn1. The molecule has 3 heterocycles. The van der Waals surface area contributed by atoms with E-state index in [4.69, 9.17) is 37.9 Å². The summed E-state index contributed by atoms with van der Waals surface area (Å²) >= 11 is 0. The van der Waals surface area contributed by atoms with Crippen LogP contribution in [0.3, 0.4) is 0 Å². The molecule has 0 aliphatic heterocycles. The standard InChI is InChI=1S/C37H54N4O9S6.8CH4/c1-38-33(42)28-46-17-21-50-32-37(29-47-18-14-43-22-25-51-54-34-8-2-5-11-39-34,30-48-19-15-44-23-26-52-55-35-9-3-6-12-40-35)31-49-20-16-45-24-27-53-56-36-10-4-7-13-41-36;;;;;;;;/h2-13H,14-32H2,1H3,(H,38,42);8*1H4. The molecule has 376 valence electrons. The third-order valence-electron chi connectivity index (χ3n) is 6.91. The van der Waals surface area contributed by atoms with Crippen molar-refractivity contribution < 1.29 is 42.7 Å². The van der Waals surface area contributed by atoms with Crippen molar-refractivity contribution in [2.24, 2.45) is 5.41 Å². The van der Waals surface area contributed by atoms with E-state index in [1.54, 1.807) is 90.4 Å². The molecule has 0 fully saturated rings. The van der Waals surface area contributed by atoms with E-state index in [2.05, 4.69) is 20.3 Å². The van der Waals surface area contributed by atoms with E-state index in [1.165, 1.54) is 0 Å². The van der Waals surface area contributed by atoms with E-state index in [1.807, 2.05) is 54.6 Å². The van der Waals surface area contributed by atoms with Gasteiger partial charge in [-0.05, 0) is 68.8 Å². The summed E-state index contributed by atoms with van der Waals surface area (Å²) in [5.41, 5.74) is -0.625. The van der Waals surface area contributed by atoms with Gasteiger partial charge < -0.3 is 43.2 Å². The minimum atomic E-state index is -0.625. The molecule has 0 atom stereocenters. The van der Waals surface area contributed by atoms with Gasteiger partial charge >= 0.3 is 0 Å². The number of aromatic nitrogens is 3. The molecular formula is C45H86N4O9S6. The minimum absolute atomic E-state index is 0. The van der Waals surface area contributed by atoms with Gasteiger partial charge in [0.1, 0.15) is 21.7 Å². The molecule has 0 saturated carbocycles. The van der Waals surface area contributed by atoms with Crippen LogP contribution in [0.15, 0.2) is 88.3 Å². The van der Waals surface area contributed by atoms with Crippen LogP contribution in [0.1, 0.15) is 59.4 Å². The molecule has 0 radical (unpaired) electrons. The van der Waals surface area contributed by atoms with Crippen molar-refractivity contribution in [1.29, 1.82) is 0 Å². The van der Waals surface area contributed by atoms with Crippen LogP contribution < -0.4 is 5.32 Å². The van der Waals surface area contributed by atoms with Crippen molar-refractivity contribution in [2.75, 3.05) is 130 Å². The number of pyridine rings is 3. The lowest BCUT2D eigenvalue weighted by Crippen LogP contribution is -2.43. The zero-order chi connectivity index (χ0) is 39.5. The van der Waals surface area contributed by atoms with Gasteiger partial charge in [0.25, 0.3) is 0 Å². The zero-order valence-electron chi connectivity index (χ0n) is 31.8. The highest BCUT2D eigenvalue weighted by molar-refractivity contribution is 8.77. The number of amides is 1. The fraction of sp³-hybridized carbons (Fsp3) is 0.644. The Morgan fingerprint density at radius 2 is 0.750 bits per heavy atom. The molecule has 3 aromatic heterocycles. The largest absolute Gasteiger partial charge is 0.378 e. The molecule has 13 nitrogen and oxygen atoms in total. The monoisotopic (exact) mass is 1020 g/mol. The summed E-state index contributed by atoms with van der Waals surface area (Å²) in [5.74, 6) is 2.30. The maximum absolute atomic E-state index is 11.5. The van der Waals surface area contributed by atoms with Crippen molar-refractivity contribution >= 4 is 70.7 Å². The number of carbonyl (C=O) groups is 1. The van der Waals surface area contributed by atoms with Gasteiger partial charge in [-0.2, -0.15) is 0 Å². The van der Waals surface area contributed by atoms with Crippen molar-refractivity contribution in [3.63, 3.8) is 0 Å². The number of ether oxygens (including phenoxy) is 8. The molecule has 0 saturated heterocycles. The molecule has 1 N–H and O–H groups in total. The fourth-order valence-corrected chi connectivity index (χ4v) is 9.41. The summed E-state index contributed by atoms with van der Waals surface area (Å²) in [6.07, 6.45) is 5.37. The van der Waals surface area contributed by atoms with Gasteiger partial charge in [0.2, 0.25) is 5.91 Å². The van der Waals surface area contributed by atoms with Gasteiger partial charge in [-0.1, -0.05) is 110 Å². The smallest absolute Gasteiger partial charge is 0.245 e. The Balaban J connectivity index is -0.00000105. The van der Waals surface area contributed by atoms with Crippen molar-refractivity contribution in [2.45, 2.75) is 74.5 Å². The van der Waals surface area contributed by atoms with Gasteiger partial charge in [-0.3, -0.25) is 4.79 Å². The predicted octanol–water partition coefficient (Wildman–Crippen LogP) is 11.4. The minimum Gasteiger partial charge on any atom is -0.378 e. The Morgan fingerprint density at radius 3 is 1.03 bits per heavy atom. The maximum atomic E-state index is 11.5. The second kappa shape index (κ2) is 52.7. The number of carbonyl (C=O) groups excluding carboxylic acids is 1. The average molecular weight is 1020 g/mol. The maximum Gasteiger partial charge on any atom is 0.245 e. The van der Waals surface area contributed by atoms with Crippen LogP contribution in [0.4, 0.5) is 0 Å². The molecule has 0 unspecified atom stereocenters. The molecule has 19 heteroatoms. The number of hydrogen-bond acceptors (Lipinski definition) is 18. The first-order valence-corrected chi connectivity index (χ1v) is 25.1. The molecule has 0 aliphatic carbocycles. The Bertz CT molecular complexity index is 1220. The fourth-order valence-electron chi connectivity index (χ4n) is 4.19. The molecule has 0 spiro atoms. The van der Waals surface area contributed by atoms with Crippen molar-refractivity contribution in [1.82, 2.24) is 20.3 Å². The number of nitrogens with one attached hydrogen (secondary N) is 1. The van der Waals surface area contributed by atoms with E-state index in [9.17, 15) is 4.79 Å². The quantitative estimate of drug-likeness (QED) is 0.0432. The summed E-state index contributed by atoms with van der Waals surface area (Å²) in [6, 6.07) is 17.6. The number of hydrogen-bond donors (Lipinski definition) is 1. The van der Waals surface area contributed by atoms with Crippen molar-refractivity contribution in [3.8, 4) is 0 Å². The van der Waals surface area contributed by atoms with Crippen LogP contribution in [0, 0.1) is 5.41 Å². The lowest BCUT2D eigenvalue weighted by molar-refractivity contribution is -0.128. The third-order valence-corrected chi connectivity index (χ3v) is 13.6. The highest BCUT2D eigenvalue weighted by Gasteiger charge is 2.32. The Hall–Kier alpha value is -1.30. The second-order valence-electron chi connectivity index (χ2n) is 11.5. The van der Waals surface area contributed by atoms with E-state index < -0.39 is 5.41 Å². The molecule has 0 aliphatic rings. The second-order valence-corrected chi connectivity index (χ2v) is 18.8. The molecule has 64 heavy (non-hydrogen) atoms. The molecule has 3 aromatic rings. The van der Waals surface area contributed by atoms with Gasteiger partial charge in [0.15, 0.2) is 0 Å². The van der Waals surface area contributed by atoms with Crippen LogP contribution >= 0.6 is 64.8 Å². The van der Waals surface area contributed by atoms with E-state index >= 15 is 0 Å². The molecule has 3 rings (SSSR count). The van der Waals surface area contributed by atoms with Crippen LogP contribution in [-0.4, -0.2) is 151 Å². The Labute approximate surface area is 414 Å². The Kier molecular flexibility index (Phi) is 61.1. The summed E-state index contributed by atoms with van der Waals surface area (Å²) < 4.78 is 47.5. The number of nitrogens with zero attached hydrogens (tertiary/aromatic N) is 3.